The van der Waals surface area contributed by atoms with E-state index < -0.39 is 11.7 Å². The smallest absolute Gasteiger partial charge is 0.251 e. The summed E-state index contributed by atoms with van der Waals surface area (Å²) in [7, 11) is 0. The van der Waals surface area contributed by atoms with Crippen molar-refractivity contribution in [2.75, 3.05) is 32.7 Å². The number of halogens is 2. The molecule has 2 amide bonds. The molecule has 0 atom stereocenters. The number of carbonyl (C=O) groups is 2. The Balaban J connectivity index is 1.47. The van der Waals surface area contributed by atoms with Crippen LogP contribution in [-0.4, -0.2) is 54.3 Å². The molecular weight excluding hydrogens is 381 g/mol. The van der Waals surface area contributed by atoms with E-state index in [0.717, 1.165) is 37.1 Å². The molecular formula is C21H23ClFN3O2. The zero-order valence-electron chi connectivity index (χ0n) is 15.5. The third-order valence-electron chi connectivity index (χ3n) is 4.75. The largest absolute Gasteiger partial charge is 0.343 e. The molecule has 0 aromatic heterocycles. The summed E-state index contributed by atoms with van der Waals surface area (Å²) in [5.41, 5.74) is 1.39. The second-order valence-electron chi connectivity index (χ2n) is 6.83. The standard InChI is InChI=1S/C21H23ClFN3O2/c22-18-7-5-16(6-8-18)15-25-9-2-10-26(12-11-25)20(27)14-24-21(28)17-3-1-4-19(23)13-17/h1,3-8,13H,2,9-12,14-15H2,(H,24,28). The molecule has 0 bridgehead atoms. The lowest BCUT2D eigenvalue weighted by molar-refractivity contribution is -0.130. The van der Waals surface area contributed by atoms with Crippen molar-refractivity contribution in [1.29, 1.82) is 0 Å². The maximum absolute atomic E-state index is 13.2. The van der Waals surface area contributed by atoms with E-state index in [2.05, 4.69) is 10.2 Å². The highest BCUT2D eigenvalue weighted by molar-refractivity contribution is 6.30. The summed E-state index contributed by atoms with van der Waals surface area (Å²) in [6.07, 6.45) is 0.872. The highest BCUT2D eigenvalue weighted by Gasteiger charge is 2.20. The first-order valence-electron chi connectivity index (χ1n) is 9.29. The Kier molecular flexibility index (Phi) is 7.01. The monoisotopic (exact) mass is 403 g/mol. The average Bonchev–Trinajstić information content (AvgIpc) is 2.93. The van der Waals surface area contributed by atoms with Gasteiger partial charge in [0.05, 0.1) is 6.54 Å². The number of rotatable bonds is 5. The van der Waals surface area contributed by atoms with Crippen molar-refractivity contribution in [3.63, 3.8) is 0 Å². The van der Waals surface area contributed by atoms with Crippen LogP contribution < -0.4 is 5.32 Å². The summed E-state index contributed by atoms with van der Waals surface area (Å²) in [6.45, 7) is 3.67. The molecule has 1 saturated heterocycles. The van der Waals surface area contributed by atoms with E-state index in [1.807, 2.05) is 24.3 Å². The van der Waals surface area contributed by atoms with E-state index in [-0.39, 0.29) is 18.0 Å². The normalized spacial score (nSPS) is 15.1. The molecule has 1 N–H and O–H groups in total. The quantitative estimate of drug-likeness (QED) is 0.835. The fourth-order valence-electron chi connectivity index (χ4n) is 3.23. The molecule has 2 aromatic rings. The Morgan fingerprint density at radius 3 is 2.57 bits per heavy atom. The lowest BCUT2D eigenvalue weighted by Gasteiger charge is -2.22. The lowest BCUT2D eigenvalue weighted by Crippen LogP contribution is -2.42. The summed E-state index contributed by atoms with van der Waals surface area (Å²) in [5.74, 6) is -1.06. The third-order valence-corrected chi connectivity index (χ3v) is 5.00. The van der Waals surface area contributed by atoms with Crippen molar-refractivity contribution in [2.45, 2.75) is 13.0 Å². The summed E-state index contributed by atoms with van der Waals surface area (Å²) >= 11 is 5.93. The minimum atomic E-state index is -0.479. The molecule has 5 nitrogen and oxygen atoms in total. The molecule has 0 saturated carbocycles. The minimum Gasteiger partial charge on any atom is -0.343 e. The van der Waals surface area contributed by atoms with Gasteiger partial charge in [0, 0.05) is 43.3 Å². The fourth-order valence-corrected chi connectivity index (χ4v) is 3.35. The van der Waals surface area contributed by atoms with Gasteiger partial charge in [0.1, 0.15) is 5.82 Å². The zero-order chi connectivity index (χ0) is 19.9. The number of nitrogens with zero attached hydrogens (tertiary/aromatic N) is 2. The summed E-state index contributed by atoms with van der Waals surface area (Å²) in [5, 5.41) is 3.30. The zero-order valence-corrected chi connectivity index (χ0v) is 16.3. The molecule has 0 unspecified atom stereocenters. The van der Waals surface area contributed by atoms with Crippen LogP contribution in [0.3, 0.4) is 0 Å². The second kappa shape index (κ2) is 9.66. The second-order valence-corrected chi connectivity index (χ2v) is 7.27. The van der Waals surface area contributed by atoms with Crippen molar-refractivity contribution in [2.24, 2.45) is 0 Å². The molecule has 1 aliphatic rings. The first kappa shape index (κ1) is 20.3. The van der Waals surface area contributed by atoms with Gasteiger partial charge in [-0.05, 0) is 42.3 Å². The summed E-state index contributed by atoms with van der Waals surface area (Å²) < 4.78 is 13.2. The van der Waals surface area contributed by atoms with Crippen LogP contribution in [-0.2, 0) is 11.3 Å². The molecule has 1 heterocycles. The molecule has 148 valence electrons. The van der Waals surface area contributed by atoms with Gasteiger partial charge in [-0.15, -0.1) is 0 Å². The maximum Gasteiger partial charge on any atom is 0.251 e. The highest BCUT2D eigenvalue weighted by atomic mass is 35.5. The van der Waals surface area contributed by atoms with Crippen LogP contribution in [0.1, 0.15) is 22.3 Å². The Bertz CT molecular complexity index is 829. The molecule has 2 aromatic carbocycles. The van der Waals surface area contributed by atoms with E-state index in [1.54, 1.807) is 4.90 Å². The predicted octanol–water partition coefficient (Wildman–Crippen LogP) is 2.94. The predicted molar refractivity (Wildman–Crippen MR) is 107 cm³/mol. The molecule has 3 rings (SSSR count). The van der Waals surface area contributed by atoms with E-state index in [9.17, 15) is 14.0 Å². The molecule has 0 spiro atoms. The van der Waals surface area contributed by atoms with Crippen molar-refractivity contribution >= 4 is 23.4 Å². The van der Waals surface area contributed by atoms with Crippen LogP contribution >= 0.6 is 11.6 Å². The van der Waals surface area contributed by atoms with Crippen LogP contribution in [0.5, 0.6) is 0 Å². The number of hydrogen-bond acceptors (Lipinski definition) is 3. The van der Waals surface area contributed by atoms with Gasteiger partial charge in [-0.25, -0.2) is 4.39 Å². The van der Waals surface area contributed by atoms with Gasteiger partial charge in [-0.2, -0.15) is 0 Å². The Hall–Kier alpha value is -2.44. The van der Waals surface area contributed by atoms with Gasteiger partial charge in [0.15, 0.2) is 0 Å². The van der Waals surface area contributed by atoms with Gasteiger partial charge in [0.2, 0.25) is 5.91 Å². The van der Waals surface area contributed by atoms with Gasteiger partial charge < -0.3 is 10.2 Å². The van der Waals surface area contributed by atoms with Crippen molar-refractivity contribution in [1.82, 2.24) is 15.1 Å². The van der Waals surface area contributed by atoms with Gasteiger partial charge in [-0.3, -0.25) is 14.5 Å². The van der Waals surface area contributed by atoms with Crippen LogP contribution in [0, 0.1) is 5.82 Å². The number of amides is 2. The first-order chi connectivity index (χ1) is 13.5. The van der Waals surface area contributed by atoms with Crippen LogP contribution in [0.15, 0.2) is 48.5 Å². The molecule has 0 aliphatic carbocycles. The number of carbonyl (C=O) groups excluding carboxylic acids is 2. The number of benzene rings is 2. The molecule has 7 heteroatoms. The Morgan fingerprint density at radius 2 is 1.82 bits per heavy atom. The Labute approximate surface area is 169 Å². The maximum atomic E-state index is 13.2. The van der Waals surface area contributed by atoms with Crippen LogP contribution in [0.25, 0.3) is 0 Å². The molecule has 0 radical (unpaired) electrons. The molecule has 28 heavy (non-hydrogen) atoms. The highest BCUT2D eigenvalue weighted by Crippen LogP contribution is 2.13. The Morgan fingerprint density at radius 1 is 1.04 bits per heavy atom. The van der Waals surface area contributed by atoms with Gasteiger partial charge >= 0.3 is 0 Å². The number of nitrogens with one attached hydrogen (secondary N) is 1. The molecule has 1 fully saturated rings. The van der Waals surface area contributed by atoms with Crippen molar-refractivity contribution in [3.05, 3.63) is 70.5 Å². The van der Waals surface area contributed by atoms with Crippen LogP contribution in [0.4, 0.5) is 4.39 Å². The lowest BCUT2D eigenvalue weighted by atomic mass is 10.2. The van der Waals surface area contributed by atoms with Gasteiger partial charge in [0.25, 0.3) is 5.91 Å². The molecule has 1 aliphatic heterocycles. The number of hydrogen-bond donors (Lipinski definition) is 1. The third kappa shape index (κ3) is 5.78. The van der Waals surface area contributed by atoms with Crippen molar-refractivity contribution in [3.8, 4) is 0 Å². The van der Waals surface area contributed by atoms with Gasteiger partial charge in [-0.1, -0.05) is 29.8 Å². The fraction of sp³-hybridized carbons (Fsp3) is 0.333. The van der Waals surface area contributed by atoms with Crippen molar-refractivity contribution < 1.29 is 14.0 Å². The van der Waals surface area contributed by atoms with E-state index >= 15 is 0 Å². The SMILES string of the molecule is O=C(NCC(=O)N1CCCN(Cc2ccc(Cl)cc2)CC1)c1cccc(F)c1. The van der Waals surface area contributed by atoms with E-state index in [4.69, 9.17) is 11.6 Å². The average molecular weight is 404 g/mol. The van der Waals surface area contributed by atoms with E-state index in [1.165, 1.54) is 23.8 Å². The summed E-state index contributed by atoms with van der Waals surface area (Å²) in [6, 6.07) is 13.2. The summed E-state index contributed by atoms with van der Waals surface area (Å²) in [4.78, 5) is 28.6. The topological polar surface area (TPSA) is 52.7 Å². The first-order valence-corrected chi connectivity index (χ1v) is 9.67. The van der Waals surface area contributed by atoms with Crippen LogP contribution in [0.2, 0.25) is 5.02 Å². The minimum absolute atomic E-state index is 0.0907. The van der Waals surface area contributed by atoms with E-state index in [0.29, 0.717) is 13.1 Å².